The highest BCUT2D eigenvalue weighted by molar-refractivity contribution is 5.38. The monoisotopic (exact) mass is 209 g/mol. The van der Waals surface area contributed by atoms with Crippen molar-refractivity contribution in [2.45, 2.75) is 59.0 Å². The molecule has 1 aromatic rings. The first-order valence-corrected chi connectivity index (χ1v) is 6.05. The van der Waals surface area contributed by atoms with Crippen LogP contribution in [-0.4, -0.2) is 15.8 Å². The van der Waals surface area contributed by atoms with Gasteiger partial charge in [0.25, 0.3) is 0 Å². The van der Waals surface area contributed by atoms with E-state index in [9.17, 15) is 0 Å². The van der Waals surface area contributed by atoms with Crippen LogP contribution in [-0.2, 0) is 6.54 Å². The van der Waals surface area contributed by atoms with Crippen LogP contribution in [0.2, 0.25) is 0 Å². The molecule has 0 saturated carbocycles. The molecule has 1 rings (SSSR count). The first-order valence-electron chi connectivity index (χ1n) is 6.05. The number of aromatic nitrogens is 2. The lowest BCUT2D eigenvalue weighted by atomic mass is 10.1. The first-order chi connectivity index (χ1) is 7.26. The second-order valence-corrected chi connectivity index (χ2v) is 4.13. The van der Waals surface area contributed by atoms with Crippen LogP contribution in [0.5, 0.6) is 0 Å². The number of hydrogen-bond acceptors (Lipinski definition) is 2. The Morgan fingerprint density at radius 1 is 1.40 bits per heavy atom. The molecule has 1 aromatic heterocycles. The molecule has 0 spiro atoms. The summed E-state index contributed by atoms with van der Waals surface area (Å²) in [5.74, 6) is 0. The van der Waals surface area contributed by atoms with E-state index < -0.39 is 0 Å². The Balaban J connectivity index is 2.27. The molecule has 0 aliphatic rings. The second kappa shape index (κ2) is 6.49. The lowest BCUT2D eigenvalue weighted by Gasteiger charge is -2.12. The molecule has 0 aliphatic carbocycles. The summed E-state index contributed by atoms with van der Waals surface area (Å²) in [6, 6.07) is 0.547. The summed E-state index contributed by atoms with van der Waals surface area (Å²) in [6.07, 6.45) is 9.15. The predicted octanol–water partition coefficient (Wildman–Crippen LogP) is 3.28. The largest absolute Gasteiger partial charge is 0.380 e. The van der Waals surface area contributed by atoms with E-state index in [1.807, 2.05) is 10.9 Å². The van der Waals surface area contributed by atoms with Gasteiger partial charge in [-0.1, -0.05) is 26.2 Å². The summed E-state index contributed by atoms with van der Waals surface area (Å²) in [6.45, 7) is 7.51. The Bertz CT molecular complexity index is 268. The average Bonchev–Trinajstić information content (AvgIpc) is 2.66. The number of nitrogens with zero attached hydrogens (tertiary/aromatic N) is 2. The summed E-state index contributed by atoms with van der Waals surface area (Å²) in [7, 11) is 0. The SMILES string of the molecule is CCCCC[C@@H](C)Nc1cnn(CC)c1. The fourth-order valence-electron chi connectivity index (χ4n) is 1.67. The van der Waals surface area contributed by atoms with Crippen molar-refractivity contribution in [2.24, 2.45) is 0 Å². The third-order valence-electron chi connectivity index (χ3n) is 2.61. The van der Waals surface area contributed by atoms with Gasteiger partial charge in [-0.05, 0) is 20.3 Å². The van der Waals surface area contributed by atoms with Crippen molar-refractivity contribution in [2.75, 3.05) is 5.32 Å². The maximum Gasteiger partial charge on any atom is 0.0728 e. The van der Waals surface area contributed by atoms with Crippen LogP contribution in [0.25, 0.3) is 0 Å². The Hall–Kier alpha value is -0.990. The van der Waals surface area contributed by atoms with Gasteiger partial charge in [0, 0.05) is 18.8 Å². The highest BCUT2D eigenvalue weighted by atomic mass is 15.3. The van der Waals surface area contributed by atoms with Crippen LogP contribution in [0.4, 0.5) is 5.69 Å². The molecule has 0 amide bonds. The summed E-state index contributed by atoms with van der Waals surface area (Å²) in [5, 5.41) is 7.71. The van der Waals surface area contributed by atoms with Crippen LogP contribution in [0.1, 0.15) is 46.5 Å². The van der Waals surface area contributed by atoms with Crippen molar-refractivity contribution in [1.82, 2.24) is 9.78 Å². The standard InChI is InChI=1S/C12H23N3/c1-4-6-7-8-11(3)14-12-9-13-15(5-2)10-12/h9-11,14H,4-8H2,1-3H3/t11-/m1/s1. The molecular weight excluding hydrogens is 186 g/mol. The quantitative estimate of drug-likeness (QED) is 0.698. The zero-order chi connectivity index (χ0) is 11.1. The summed E-state index contributed by atoms with van der Waals surface area (Å²) < 4.78 is 1.95. The van der Waals surface area contributed by atoms with Crippen molar-refractivity contribution in [1.29, 1.82) is 0 Å². The first kappa shape index (κ1) is 12.1. The van der Waals surface area contributed by atoms with Crippen LogP contribution in [0, 0.1) is 0 Å². The van der Waals surface area contributed by atoms with Gasteiger partial charge in [-0.15, -0.1) is 0 Å². The van der Waals surface area contributed by atoms with Gasteiger partial charge in [0.05, 0.1) is 11.9 Å². The van der Waals surface area contributed by atoms with E-state index in [1.54, 1.807) is 0 Å². The minimum atomic E-state index is 0.547. The third-order valence-corrected chi connectivity index (χ3v) is 2.61. The van der Waals surface area contributed by atoms with E-state index in [-0.39, 0.29) is 0 Å². The Labute approximate surface area is 92.9 Å². The maximum absolute atomic E-state index is 4.24. The average molecular weight is 209 g/mol. The van der Waals surface area contributed by atoms with E-state index >= 15 is 0 Å². The molecule has 0 bridgehead atoms. The van der Waals surface area contributed by atoms with Crippen molar-refractivity contribution >= 4 is 5.69 Å². The fraction of sp³-hybridized carbons (Fsp3) is 0.750. The van der Waals surface area contributed by atoms with Gasteiger partial charge in [0.15, 0.2) is 0 Å². The third kappa shape index (κ3) is 4.36. The number of unbranched alkanes of at least 4 members (excludes halogenated alkanes) is 2. The molecule has 3 nitrogen and oxygen atoms in total. The molecule has 0 fully saturated rings. The van der Waals surface area contributed by atoms with Crippen molar-refractivity contribution < 1.29 is 0 Å². The zero-order valence-corrected chi connectivity index (χ0v) is 10.2. The van der Waals surface area contributed by atoms with Gasteiger partial charge in [-0.2, -0.15) is 5.10 Å². The van der Waals surface area contributed by atoms with E-state index in [1.165, 1.54) is 25.7 Å². The maximum atomic E-state index is 4.24. The highest BCUT2D eigenvalue weighted by Gasteiger charge is 2.03. The van der Waals surface area contributed by atoms with E-state index in [0.717, 1.165) is 12.2 Å². The van der Waals surface area contributed by atoms with Crippen LogP contribution in [0.3, 0.4) is 0 Å². The van der Waals surface area contributed by atoms with Crippen molar-refractivity contribution in [3.8, 4) is 0 Å². The molecule has 1 N–H and O–H groups in total. The molecule has 3 heteroatoms. The normalized spacial score (nSPS) is 12.7. The van der Waals surface area contributed by atoms with Gasteiger partial charge < -0.3 is 5.32 Å². The lowest BCUT2D eigenvalue weighted by Crippen LogP contribution is -2.14. The minimum Gasteiger partial charge on any atom is -0.380 e. The molecule has 0 saturated heterocycles. The molecule has 15 heavy (non-hydrogen) atoms. The van der Waals surface area contributed by atoms with Crippen molar-refractivity contribution in [3.05, 3.63) is 12.4 Å². The van der Waals surface area contributed by atoms with Crippen molar-refractivity contribution in [3.63, 3.8) is 0 Å². The number of nitrogens with one attached hydrogen (secondary N) is 1. The summed E-state index contributed by atoms with van der Waals surface area (Å²) in [4.78, 5) is 0. The Kier molecular flexibility index (Phi) is 5.22. The molecule has 0 aliphatic heterocycles. The minimum absolute atomic E-state index is 0.547. The van der Waals surface area contributed by atoms with Gasteiger partial charge in [0.1, 0.15) is 0 Å². The van der Waals surface area contributed by atoms with Gasteiger partial charge in [0.2, 0.25) is 0 Å². The van der Waals surface area contributed by atoms with E-state index in [4.69, 9.17) is 0 Å². The highest BCUT2D eigenvalue weighted by Crippen LogP contribution is 2.10. The number of hydrogen-bond donors (Lipinski definition) is 1. The van der Waals surface area contributed by atoms with Crippen LogP contribution < -0.4 is 5.32 Å². The molecule has 1 heterocycles. The Morgan fingerprint density at radius 3 is 2.80 bits per heavy atom. The molecule has 0 unspecified atom stereocenters. The Morgan fingerprint density at radius 2 is 2.20 bits per heavy atom. The molecule has 86 valence electrons. The smallest absolute Gasteiger partial charge is 0.0728 e. The second-order valence-electron chi connectivity index (χ2n) is 4.13. The lowest BCUT2D eigenvalue weighted by molar-refractivity contribution is 0.615. The van der Waals surface area contributed by atoms with Crippen LogP contribution >= 0.6 is 0 Å². The predicted molar refractivity (Wildman–Crippen MR) is 65.1 cm³/mol. The molecule has 1 atom stereocenters. The molecular formula is C12H23N3. The zero-order valence-electron chi connectivity index (χ0n) is 10.2. The molecule has 0 radical (unpaired) electrons. The summed E-state index contributed by atoms with van der Waals surface area (Å²) >= 11 is 0. The fourth-order valence-corrected chi connectivity index (χ4v) is 1.67. The van der Waals surface area contributed by atoms with Gasteiger partial charge in [-0.25, -0.2) is 0 Å². The number of aryl methyl sites for hydroxylation is 1. The number of anilines is 1. The molecule has 0 aromatic carbocycles. The van der Waals surface area contributed by atoms with Gasteiger partial charge >= 0.3 is 0 Å². The van der Waals surface area contributed by atoms with Crippen LogP contribution in [0.15, 0.2) is 12.4 Å². The van der Waals surface area contributed by atoms with E-state index in [0.29, 0.717) is 6.04 Å². The topological polar surface area (TPSA) is 29.9 Å². The van der Waals surface area contributed by atoms with E-state index in [2.05, 4.69) is 37.4 Å². The number of rotatable bonds is 7. The summed E-state index contributed by atoms with van der Waals surface area (Å²) in [5.41, 5.74) is 1.14. The van der Waals surface area contributed by atoms with Gasteiger partial charge in [-0.3, -0.25) is 4.68 Å².